The summed E-state index contributed by atoms with van der Waals surface area (Å²) >= 11 is 11.9. The van der Waals surface area contributed by atoms with Gasteiger partial charge >= 0.3 is 5.97 Å². The zero-order chi connectivity index (χ0) is 17.5. The third-order valence-corrected chi connectivity index (χ3v) is 4.55. The van der Waals surface area contributed by atoms with Crippen LogP contribution in [0.4, 0.5) is 5.69 Å². The Morgan fingerprint density at radius 3 is 2.92 bits per heavy atom. The standard InChI is InChI=1S/C17H22Cl2N2O3/c1-2-24-17(23)12-4-3-8-21(11-12)9-7-16(22)20-15-10-13(18)5-6-14(15)19/h5-6,10,12H,2-4,7-9,11H2,1H3,(H,20,22)/t12-/m0/s1. The van der Waals surface area contributed by atoms with E-state index in [1.165, 1.54) is 0 Å². The second-order valence-corrected chi connectivity index (χ2v) is 6.66. The molecule has 0 bridgehead atoms. The van der Waals surface area contributed by atoms with Crippen LogP contribution in [0.1, 0.15) is 26.2 Å². The van der Waals surface area contributed by atoms with Crippen LogP contribution in [0.5, 0.6) is 0 Å². The van der Waals surface area contributed by atoms with Gasteiger partial charge in [0.2, 0.25) is 5.91 Å². The summed E-state index contributed by atoms with van der Waals surface area (Å²) in [6.45, 7) is 4.34. The van der Waals surface area contributed by atoms with Gasteiger partial charge in [0.15, 0.2) is 0 Å². The van der Waals surface area contributed by atoms with Crippen LogP contribution in [0.3, 0.4) is 0 Å². The highest BCUT2D eigenvalue weighted by molar-refractivity contribution is 6.35. The number of piperidine rings is 1. The normalized spacial score (nSPS) is 18.2. The van der Waals surface area contributed by atoms with Crippen molar-refractivity contribution >= 4 is 40.8 Å². The number of benzene rings is 1. The molecule has 7 heteroatoms. The molecule has 0 unspecified atom stereocenters. The van der Waals surface area contributed by atoms with Gasteiger partial charge in [0.25, 0.3) is 0 Å². The number of carbonyl (C=O) groups excluding carboxylic acids is 2. The maximum atomic E-state index is 12.1. The molecule has 0 aliphatic carbocycles. The Morgan fingerprint density at radius 1 is 1.38 bits per heavy atom. The largest absolute Gasteiger partial charge is 0.466 e. The lowest BCUT2D eigenvalue weighted by molar-refractivity contribution is -0.149. The number of rotatable bonds is 6. The fourth-order valence-electron chi connectivity index (χ4n) is 2.78. The number of halogens is 2. The molecule has 0 aromatic heterocycles. The first kappa shape index (κ1) is 19.0. The Bertz CT molecular complexity index is 595. The maximum Gasteiger partial charge on any atom is 0.310 e. The molecule has 132 valence electrons. The van der Waals surface area contributed by atoms with E-state index in [-0.39, 0.29) is 17.8 Å². The molecule has 24 heavy (non-hydrogen) atoms. The van der Waals surface area contributed by atoms with Crippen molar-refractivity contribution in [2.75, 3.05) is 31.6 Å². The van der Waals surface area contributed by atoms with Crippen molar-refractivity contribution in [1.82, 2.24) is 4.90 Å². The van der Waals surface area contributed by atoms with E-state index in [0.717, 1.165) is 19.4 Å². The first-order valence-electron chi connectivity index (χ1n) is 8.13. The number of hydrogen-bond donors (Lipinski definition) is 1. The molecular weight excluding hydrogens is 351 g/mol. The number of carbonyl (C=O) groups is 2. The highest BCUT2D eigenvalue weighted by Gasteiger charge is 2.26. The smallest absolute Gasteiger partial charge is 0.310 e. The van der Waals surface area contributed by atoms with Crippen LogP contribution in [-0.2, 0) is 14.3 Å². The van der Waals surface area contributed by atoms with Crippen LogP contribution < -0.4 is 5.32 Å². The Labute approximate surface area is 152 Å². The van der Waals surface area contributed by atoms with E-state index in [4.69, 9.17) is 27.9 Å². The summed E-state index contributed by atoms with van der Waals surface area (Å²) in [5, 5.41) is 3.74. The molecule has 1 atom stereocenters. The monoisotopic (exact) mass is 372 g/mol. The minimum absolute atomic E-state index is 0.0934. The number of amides is 1. The quantitative estimate of drug-likeness (QED) is 0.775. The second-order valence-electron chi connectivity index (χ2n) is 5.81. The molecule has 1 aliphatic heterocycles. The van der Waals surface area contributed by atoms with Gasteiger partial charge in [-0.2, -0.15) is 0 Å². The zero-order valence-electron chi connectivity index (χ0n) is 13.7. The lowest BCUT2D eigenvalue weighted by Crippen LogP contribution is -2.40. The molecular formula is C17H22Cl2N2O3. The molecule has 1 aromatic carbocycles. The minimum atomic E-state index is -0.141. The SMILES string of the molecule is CCOC(=O)[C@H]1CCCN(CCC(=O)Nc2cc(Cl)ccc2Cl)C1. The third-order valence-electron chi connectivity index (χ3n) is 3.98. The van der Waals surface area contributed by atoms with Crippen molar-refractivity contribution < 1.29 is 14.3 Å². The van der Waals surface area contributed by atoms with E-state index >= 15 is 0 Å². The highest BCUT2D eigenvalue weighted by atomic mass is 35.5. The van der Waals surface area contributed by atoms with Crippen molar-refractivity contribution in [3.05, 3.63) is 28.2 Å². The van der Waals surface area contributed by atoms with Crippen molar-refractivity contribution in [2.24, 2.45) is 5.92 Å². The summed E-state index contributed by atoms with van der Waals surface area (Å²) in [4.78, 5) is 26.1. The number of anilines is 1. The molecule has 1 N–H and O–H groups in total. The summed E-state index contributed by atoms with van der Waals surface area (Å²) in [5.41, 5.74) is 0.511. The van der Waals surface area contributed by atoms with Crippen molar-refractivity contribution in [3.8, 4) is 0 Å². The van der Waals surface area contributed by atoms with Gasteiger partial charge in [-0.15, -0.1) is 0 Å². The molecule has 0 saturated carbocycles. The van der Waals surface area contributed by atoms with Crippen molar-refractivity contribution in [3.63, 3.8) is 0 Å². The first-order chi connectivity index (χ1) is 11.5. The van der Waals surface area contributed by atoms with Gasteiger partial charge in [0, 0.05) is 24.5 Å². The van der Waals surface area contributed by atoms with E-state index in [9.17, 15) is 9.59 Å². The molecule has 1 heterocycles. The summed E-state index contributed by atoms with van der Waals surface area (Å²) in [7, 11) is 0. The predicted octanol–water partition coefficient (Wildman–Crippen LogP) is 3.60. The molecule has 1 saturated heterocycles. The maximum absolute atomic E-state index is 12.1. The molecule has 1 aromatic rings. The number of hydrogen-bond acceptors (Lipinski definition) is 4. The molecule has 1 aliphatic rings. The number of likely N-dealkylation sites (tertiary alicyclic amines) is 1. The second kappa shape index (κ2) is 9.25. The van der Waals surface area contributed by atoms with Crippen molar-refractivity contribution in [1.29, 1.82) is 0 Å². The van der Waals surface area contributed by atoms with Gasteiger partial charge in [-0.25, -0.2) is 0 Å². The van der Waals surface area contributed by atoms with Crippen LogP contribution in [0.25, 0.3) is 0 Å². The minimum Gasteiger partial charge on any atom is -0.466 e. The number of ether oxygens (including phenoxy) is 1. The van der Waals surface area contributed by atoms with Gasteiger partial charge in [0.05, 0.1) is 23.2 Å². The Kier molecular flexibility index (Phi) is 7.34. The van der Waals surface area contributed by atoms with Gasteiger partial charge in [-0.3, -0.25) is 9.59 Å². The zero-order valence-corrected chi connectivity index (χ0v) is 15.2. The Hall–Kier alpha value is -1.30. The van der Waals surface area contributed by atoms with Crippen LogP contribution in [-0.4, -0.2) is 43.0 Å². The fraction of sp³-hybridized carbons (Fsp3) is 0.529. The van der Waals surface area contributed by atoms with Gasteiger partial charge < -0.3 is 15.0 Å². The Balaban J connectivity index is 1.81. The van der Waals surface area contributed by atoms with Crippen LogP contribution in [0.2, 0.25) is 10.0 Å². The highest BCUT2D eigenvalue weighted by Crippen LogP contribution is 2.25. The molecule has 2 rings (SSSR count). The van der Waals surface area contributed by atoms with Gasteiger partial charge in [0.1, 0.15) is 0 Å². The molecule has 0 radical (unpaired) electrons. The van der Waals surface area contributed by atoms with E-state index in [1.807, 2.05) is 6.92 Å². The van der Waals surface area contributed by atoms with E-state index < -0.39 is 0 Å². The van der Waals surface area contributed by atoms with E-state index in [0.29, 0.717) is 41.8 Å². The summed E-state index contributed by atoms with van der Waals surface area (Å²) in [6.07, 6.45) is 2.11. The van der Waals surface area contributed by atoms with Crippen LogP contribution >= 0.6 is 23.2 Å². The number of nitrogens with zero attached hydrogens (tertiary/aromatic N) is 1. The molecule has 1 fully saturated rings. The van der Waals surface area contributed by atoms with Crippen molar-refractivity contribution in [2.45, 2.75) is 26.2 Å². The topological polar surface area (TPSA) is 58.6 Å². The predicted molar refractivity (Wildman–Crippen MR) is 95.5 cm³/mol. The molecule has 5 nitrogen and oxygen atoms in total. The van der Waals surface area contributed by atoms with E-state index in [2.05, 4.69) is 10.2 Å². The number of nitrogens with one attached hydrogen (secondary N) is 1. The van der Waals surface area contributed by atoms with Gasteiger partial charge in [-0.05, 0) is 44.5 Å². The van der Waals surface area contributed by atoms with E-state index in [1.54, 1.807) is 18.2 Å². The lowest BCUT2D eigenvalue weighted by Gasteiger charge is -2.31. The summed E-state index contributed by atoms with van der Waals surface area (Å²) < 4.78 is 5.09. The first-order valence-corrected chi connectivity index (χ1v) is 8.89. The lowest BCUT2D eigenvalue weighted by atomic mass is 9.98. The fourth-order valence-corrected chi connectivity index (χ4v) is 3.11. The summed E-state index contributed by atoms with van der Waals surface area (Å²) in [5.74, 6) is -0.362. The van der Waals surface area contributed by atoms with Gasteiger partial charge in [-0.1, -0.05) is 23.2 Å². The summed E-state index contributed by atoms with van der Waals surface area (Å²) in [6, 6.07) is 4.94. The average molecular weight is 373 g/mol. The number of esters is 1. The average Bonchev–Trinajstić information content (AvgIpc) is 2.57. The molecule has 0 spiro atoms. The molecule has 1 amide bonds. The third kappa shape index (κ3) is 5.65. The van der Waals surface area contributed by atoms with Crippen LogP contribution in [0, 0.1) is 5.92 Å². The Morgan fingerprint density at radius 2 is 2.17 bits per heavy atom. The van der Waals surface area contributed by atoms with Crippen LogP contribution in [0.15, 0.2) is 18.2 Å².